The third-order valence-electron chi connectivity index (χ3n) is 4.30. The van der Waals surface area contributed by atoms with Gasteiger partial charge in [-0.2, -0.15) is 4.31 Å². The van der Waals surface area contributed by atoms with Crippen molar-refractivity contribution < 1.29 is 8.42 Å². The van der Waals surface area contributed by atoms with Crippen molar-refractivity contribution >= 4 is 10.0 Å². The number of fused-ring (bicyclic) bond motifs is 1. The number of rotatable bonds is 2. The molecule has 2 unspecified atom stereocenters. The molecule has 0 spiro atoms. The van der Waals surface area contributed by atoms with Gasteiger partial charge < -0.3 is 5.32 Å². The zero-order valence-corrected chi connectivity index (χ0v) is 12.2. The minimum absolute atomic E-state index is 0.464. The number of nitrogens with one attached hydrogen (secondary N) is 1. The van der Waals surface area contributed by atoms with Gasteiger partial charge in [0.25, 0.3) is 0 Å². The number of hydrogen-bond donors (Lipinski definition) is 1. The predicted octanol–water partition coefficient (Wildman–Crippen LogP) is 1.14. The summed E-state index contributed by atoms with van der Waals surface area (Å²) in [7, 11) is -3.32. The van der Waals surface area contributed by atoms with E-state index in [1.807, 2.05) is 26.0 Å². The van der Waals surface area contributed by atoms with Crippen molar-refractivity contribution in [3.63, 3.8) is 0 Å². The highest BCUT2D eigenvalue weighted by Gasteiger charge is 2.41. The molecule has 5 heteroatoms. The Bertz CT molecular complexity index is 585. The minimum atomic E-state index is -3.32. The molecule has 1 N–H and O–H groups in total. The van der Waals surface area contributed by atoms with Crippen LogP contribution in [-0.4, -0.2) is 38.9 Å². The molecule has 104 valence electrons. The zero-order valence-electron chi connectivity index (χ0n) is 11.4. The van der Waals surface area contributed by atoms with Gasteiger partial charge in [-0.25, -0.2) is 8.42 Å². The van der Waals surface area contributed by atoms with Crippen molar-refractivity contribution in [2.45, 2.75) is 18.7 Å². The first-order valence-electron chi connectivity index (χ1n) is 6.76. The van der Waals surface area contributed by atoms with Crippen LogP contribution in [-0.2, 0) is 10.0 Å². The molecule has 2 aliphatic rings. The van der Waals surface area contributed by atoms with E-state index < -0.39 is 10.0 Å². The van der Waals surface area contributed by atoms with Crippen LogP contribution in [0.15, 0.2) is 23.1 Å². The highest BCUT2D eigenvalue weighted by Crippen LogP contribution is 2.31. The summed E-state index contributed by atoms with van der Waals surface area (Å²) in [4.78, 5) is 0.464. The van der Waals surface area contributed by atoms with Gasteiger partial charge in [0.1, 0.15) is 0 Å². The molecule has 2 fully saturated rings. The highest BCUT2D eigenvalue weighted by molar-refractivity contribution is 7.89. The molecule has 1 aromatic rings. The Morgan fingerprint density at radius 3 is 2.37 bits per heavy atom. The average Bonchev–Trinajstić information content (AvgIpc) is 2.87. The number of benzene rings is 1. The van der Waals surface area contributed by atoms with Gasteiger partial charge in [0, 0.05) is 13.1 Å². The van der Waals surface area contributed by atoms with Crippen molar-refractivity contribution in [1.82, 2.24) is 9.62 Å². The van der Waals surface area contributed by atoms with Crippen LogP contribution in [0, 0.1) is 25.7 Å². The highest BCUT2D eigenvalue weighted by atomic mass is 32.2. The lowest BCUT2D eigenvalue weighted by atomic mass is 10.0. The second-order valence-corrected chi connectivity index (χ2v) is 7.68. The maximum absolute atomic E-state index is 12.7. The fraction of sp³-hybridized carbons (Fsp3) is 0.571. The first kappa shape index (κ1) is 13.1. The normalized spacial score (nSPS) is 27.7. The van der Waals surface area contributed by atoms with Crippen molar-refractivity contribution in [1.29, 1.82) is 0 Å². The summed E-state index contributed by atoms with van der Waals surface area (Å²) in [5.41, 5.74) is 1.94. The van der Waals surface area contributed by atoms with E-state index in [2.05, 4.69) is 5.32 Å². The lowest BCUT2D eigenvalue weighted by Gasteiger charge is -2.19. The summed E-state index contributed by atoms with van der Waals surface area (Å²) >= 11 is 0. The van der Waals surface area contributed by atoms with Crippen LogP contribution in [0.3, 0.4) is 0 Å². The molecule has 2 aliphatic heterocycles. The monoisotopic (exact) mass is 280 g/mol. The van der Waals surface area contributed by atoms with Crippen LogP contribution in [0.25, 0.3) is 0 Å². The van der Waals surface area contributed by atoms with Crippen LogP contribution in [0.1, 0.15) is 11.1 Å². The van der Waals surface area contributed by atoms with Gasteiger partial charge in [-0.1, -0.05) is 17.7 Å². The van der Waals surface area contributed by atoms with E-state index >= 15 is 0 Å². The van der Waals surface area contributed by atoms with Gasteiger partial charge in [0.15, 0.2) is 0 Å². The van der Waals surface area contributed by atoms with E-state index in [4.69, 9.17) is 0 Å². The molecule has 4 nitrogen and oxygen atoms in total. The standard InChI is InChI=1S/C14H20N2O2S/c1-10-3-4-14(11(2)5-10)19(17,18)16-8-12-6-15-7-13(12)9-16/h3-5,12-13,15H,6-9H2,1-2H3. The van der Waals surface area contributed by atoms with Crippen molar-refractivity contribution in [2.24, 2.45) is 11.8 Å². The Morgan fingerprint density at radius 1 is 1.16 bits per heavy atom. The summed E-state index contributed by atoms with van der Waals surface area (Å²) < 4.78 is 27.1. The SMILES string of the molecule is Cc1ccc(S(=O)(=O)N2CC3CNCC3C2)c(C)c1. The van der Waals surface area contributed by atoms with E-state index in [0.717, 1.165) is 24.2 Å². The van der Waals surface area contributed by atoms with Gasteiger partial charge in [0.05, 0.1) is 4.90 Å². The summed E-state index contributed by atoms with van der Waals surface area (Å²) in [6, 6.07) is 5.55. The Balaban J connectivity index is 1.91. The molecule has 2 saturated heterocycles. The molecular formula is C14H20N2O2S. The zero-order chi connectivity index (χ0) is 13.6. The summed E-state index contributed by atoms with van der Waals surface area (Å²) in [6.07, 6.45) is 0. The Hall–Kier alpha value is -0.910. The van der Waals surface area contributed by atoms with E-state index in [1.165, 1.54) is 0 Å². The summed E-state index contributed by atoms with van der Waals surface area (Å²) in [6.45, 7) is 7.07. The van der Waals surface area contributed by atoms with E-state index in [0.29, 0.717) is 29.8 Å². The van der Waals surface area contributed by atoms with Crippen LogP contribution < -0.4 is 5.32 Å². The topological polar surface area (TPSA) is 49.4 Å². The maximum Gasteiger partial charge on any atom is 0.243 e. The first-order valence-corrected chi connectivity index (χ1v) is 8.20. The van der Waals surface area contributed by atoms with Gasteiger partial charge >= 0.3 is 0 Å². The van der Waals surface area contributed by atoms with Gasteiger partial charge in [0.2, 0.25) is 10.0 Å². The molecule has 0 aromatic heterocycles. The fourth-order valence-electron chi connectivity index (χ4n) is 3.24. The van der Waals surface area contributed by atoms with Gasteiger partial charge in [-0.3, -0.25) is 0 Å². The fourth-order valence-corrected chi connectivity index (χ4v) is 5.00. The molecule has 0 radical (unpaired) electrons. The first-order chi connectivity index (χ1) is 8.98. The van der Waals surface area contributed by atoms with E-state index in [9.17, 15) is 8.42 Å². The van der Waals surface area contributed by atoms with Gasteiger partial charge in [-0.15, -0.1) is 0 Å². The molecule has 0 amide bonds. The summed E-state index contributed by atoms with van der Waals surface area (Å²) in [5.74, 6) is 0.973. The second-order valence-electron chi connectivity index (χ2n) is 5.77. The number of sulfonamides is 1. The maximum atomic E-state index is 12.7. The quantitative estimate of drug-likeness (QED) is 0.884. The summed E-state index contributed by atoms with van der Waals surface area (Å²) in [5, 5.41) is 3.33. The van der Waals surface area contributed by atoms with E-state index in [-0.39, 0.29) is 0 Å². The molecular weight excluding hydrogens is 260 g/mol. The van der Waals surface area contributed by atoms with E-state index in [1.54, 1.807) is 10.4 Å². The van der Waals surface area contributed by atoms with Crippen LogP contribution in [0.2, 0.25) is 0 Å². The largest absolute Gasteiger partial charge is 0.316 e. The lowest BCUT2D eigenvalue weighted by molar-refractivity contribution is 0.447. The number of aryl methyl sites for hydroxylation is 2. The van der Waals surface area contributed by atoms with Crippen molar-refractivity contribution in [2.75, 3.05) is 26.2 Å². The Morgan fingerprint density at radius 2 is 1.79 bits per heavy atom. The molecule has 19 heavy (non-hydrogen) atoms. The molecule has 0 bridgehead atoms. The predicted molar refractivity (Wildman–Crippen MR) is 74.5 cm³/mol. The molecule has 1 aromatic carbocycles. The number of hydrogen-bond acceptors (Lipinski definition) is 3. The smallest absolute Gasteiger partial charge is 0.243 e. The second kappa shape index (κ2) is 4.58. The molecule has 0 aliphatic carbocycles. The lowest BCUT2D eigenvalue weighted by Crippen LogP contribution is -2.32. The van der Waals surface area contributed by atoms with Crippen molar-refractivity contribution in [3.8, 4) is 0 Å². The Labute approximate surface area is 114 Å². The molecule has 2 heterocycles. The molecule has 0 saturated carbocycles. The third kappa shape index (κ3) is 2.20. The van der Waals surface area contributed by atoms with Gasteiger partial charge in [-0.05, 0) is 50.4 Å². The minimum Gasteiger partial charge on any atom is -0.316 e. The van der Waals surface area contributed by atoms with Crippen molar-refractivity contribution in [3.05, 3.63) is 29.3 Å². The average molecular weight is 280 g/mol. The third-order valence-corrected chi connectivity index (χ3v) is 6.30. The van der Waals surface area contributed by atoms with Crippen LogP contribution in [0.5, 0.6) is 0 Å². The van der Waals surface area contributed by atoms with Crippen LogP contribution >= 0.6 is 0 Å². The molecule has 3 rings (SSSR count). The Kier molecular flexibility index (Phi) is 3.15. The number of nitrogens with zero attached hydrogens (tertiary/aromatic N) is 1. The molecule has 2 atom stereocenters. The van der Waals surface area contributed by atoms with Crippen LogP contribution in [0.4, 0.5) is 0 Å².